The molecule has 1 rings (SSSR count). The number of aromatic nitrogens is 2. The normalized spacial score (nSPS) is 12.1. The molecule has 1 heterocycles. The molecule has 0 saturated heterocycles. The number of nitrogens with two attached hydrogens (primary N) is 1. The van der Waals surface area contributed by atoms with Crippen LogP contribution in [0.4, 0.5) is 0 Å². The zero-order valence-corrected chi connectivity index (χ0v) is 8.37. The van der Waals surface area contributed by atoms with Crippen molar-refractivity contribution in [2.24, 2.45) is 5.73 Å². The van der Waals surface area contributed by atoms with E-state index in [4.69, 9.17) is 17.3 Å². The molecule has 0 aromatic carbocycles. The average Bonchev–Trinajstić information content (AvgIpc) is 2.29. The van der Waals surface area contributed by atoms with E-state index >= 15 is 0 Å². The molecule has 0 aliphatic carbocycles. The molecule has 0 fully saturated rings. The van der Waals surface area contributed by atoms with E-state index in [0.717, 1.165) is 11.5 Å². The second-order valence-corrected chi connectivity index (χ2v) is 4.16. The molecule has 0 amide bonds. The molecule has 1 aromatic heterocycles. The highest BCUT2D eigenvalue weighted by Crippen LogP contribution is 2.26. The van der Waals surface area contributed by atoms with Crippen LogP contribution in [0, 0.1) is 0 Å². The first-order valence-corrected chi connectivity index (χ1v) is 4.28. The van der Waals surface area contributed by atoms with Crippen LogP contribution >= 0.6 is 11.6 Å². The molecule has 0 unspecified atom stereocenters. The first-order chi connectivity index (χ1) is 5.45. The predicted molar refractivity (Wildman–Crippen MR) is 50.2 cm³/mol. The Bertz CT molecular complexity index is 272. The summed E-state index contributed by atoms with van der Waals surface area (Å²) in [6.07, 6.45) is 0. The van der Waals surface area contributed by atoms with E-state index < -0.39 is 0 Å². The number of rotatable bonds is 1. The second-order valence-electron chi connectivity index (χ2n) is 3.80. The number of nitrogens with zero attached hydrogens (tertiary/aromatic N) is 1. The largest absolute Gasteiger partial charge is 0.343 e. The number of aromatic amines is 1. The summed E-state index contributed by atoms with van der Waals surface area (Å²) in [4.78, 5) is 7.18. The van der Waals surface area contributed by atoms with Gasteiger partial charge in [-0.25, -0.2) is 4.98 Å². The van der Waals surface area contributed by atoms with Crippen molar-refractivity contribution in [3.8, 4) is 0 Å². The summed E-state index contributed by atoms with van der Waals surface area (Å²) in [6.45, 7) is 6.63. The van der Waals surface area contributed by atoms with E-state index in [1.165, 1.54) is 0 Å². The fourth-order valence-electron chi connectivity index (χ4n) is 0.992. The fourth-order valence-corrected chi connectivity index (χ4v) is 1.42. The summed E-state index contributed by atoms with van der Waals surface area (Å²) in [5.41, 5.74) is 6.37. The van der Waals surface area contributed by atoms with Crippen LogP contribution in [0.3, 0.4) is 0 Å². The lowest BCUT2D eigenvalue weighted by Gasteiger charge is -2.15. The zero-order valence-electron chi connectivity index (χ0n) is 7.61. The van der Waals surface area contributed by atoms with Gasteiger partial charge >= 0.3 is 0 Å². The molecule has 0 spiro atoms. The topological polar surface area (TPSA) is 54.7 Å². The Morgan fingerprint density at radius 2 is 2.08 bits per heavy atom. The van der Waals surface area contributed by atoms with Crippen molar-refractivity contribution in [1.29, 1.82) is 0 Å². The summed E-state index contributed by atoms with van der Waals surface area (Å²) < 4.78 is 0. The Balaban J connectivity index is 3.08. The highest BCUT2D eigenvalue weighted by Gasteiger charge is 2.20. The summed E-state index contributed by atoms with van der Waals surface area (Å²) in [5, 5.41) is 0.531. The van der Waals surface area contributed by atoms with Crippen molar-refractivity contribution in [3.05, 3.63) is 16.7 Å². The minimum atomic E-state index is -0.00248. The minimum Gasteiger partial charge on any atom is -0.343 e. The molecular formula is C8H14ClN3. The summed E-state index contributed by atoms with van der Waals surface area (Å²) in [6, 6.07) is 0. The molecule has 0 bridgehead atoms. The fraction of sp³-hybridized carbons (Fsp3) is 0.625. The number of halogens is 1. The standard InChI is InChI=1S/C8H14ClN3/c1-8(2,3)6-7(9)12-5(4-10)11-6/h4,10H2,1-3H3,(H,11,12). The van der Waals surface area contributed by atoms with Crippen molar-refractivity contribution in [1.82, 2.24) is 9.97 Å². The van der Waals surface area contributed by atoms with Crippen LogP contribution in [0.2, 0.25) is 5.15 Å². The third-order valence-electron chi connectivity index (χ3n) is 1.65. The van der Waals surface area contributed by atoms with Crippen LogP contribution in [0.5, 0.6) is 0 Å². The van der Waals surface area contributed by atoms with E-state index in [1.54, 1.807) is 0 Å². The second kappa shape index (κ2) is 3.07. The smallest absolute Gasteiger partial charge is 0.150 e. The molecular weight excluding hydrogens is 174 g/mol. The lowest BCUT2D eigenvalue weighted by molar-refractivity contribution is 0.571. The molecule has 0 aliphatic heterocycles. The SMILES string of the molecule is CC(C)(C)c1[nH]c(CN)nc1Cl. The van der Waals surface area contributed by atoms with E-state index in [0.29, 0.717) is 11.7 Å². The van der Waals surface area contributed by atoms with E-state index in [2.05, 4.69) is 30.7 Å². The third kappa shape index (κ3) is 1.79. The predicted octanol–water partition coefficient (Wildman–Crippen LogP) is 1.82. The van der Waals surface area contributed by atoms with Gasteiger partial charge in [-0.3, -0.25) is 0 Å². The van der Waals surface area contributed by atoms with Gasteiger partial charge in [-0.1, -0.05) is 32.4 Å². The molecule has 12 heavy (non-hydrogen) atoms. The van der Waals surface area contributed by atoms with Crippen LogP contribution in [0.25, 0.3) is 0 Å². The van der Waals surface area contributed by atoms with Gasteiger partial charge < -0.3 is 10.7 Å². The van der Waals surface area contributed by atoms with Crippen molar-refractivity contribution in [2.75, 3.05) is 0 Å². The lowest BCUT2D eigenvalue weighted by atomic mass is 9.93. The maximum absolute atomic E-state index is 5.91. The van der Waals surface area contributed by atoms with Gasteiger partial charge in [0.1, 0.15) is 5.82 Å². The maximum Gasteiger partial charge on any atom is 0.150 e. The average molecular weight is 188 g/mol. The Kier molecular flexibility index (Phi) is 2.44. The maximum atomic E-state index is 5.91. The van der Waals surface area contributed by atoms with Gasteiger partial charge in [-0.05, 0) is 0 Å². The highest BCUT2D eigenvalue weighted by atomic mass is 35.5. The van der Waals surface area contributed by atoms with E-state index in [9.17, 15) is 0 Å². The molecule has 0 saturated carbocycles. The van der Waals surface area contributed by atoms with E-state index in [-0.39, 0.29) is 5.41 Å². The van der Waals surface area contributed by atoms with Crippen LogP contribution in [-0.4, -0.2) is 9.97 Å². The minimum absolute atomic E-state index is 0.00248. The molecule has 0 atom stereocenters. The zero-order chi connectivity index (χ0) is 9.35. The first-order valence-electron chi connectivity index (χ1n) is 3.90. The molecule has 3 nitrogen and oxygen atoms in total. The van der Waals surface area contributed by atoms with Gasteiger partial charge in [0.15, 0.2) is 5.15 Å². The van der Waals surface area contributed by atoms with Gasteiger partial charge in [-0.2, -0.15) is 0 Å². The Hall–Kier alpha value is -0.540. The van der Waals surface area contributed by atoms with Crippen LogP contribution in [0.15, 0.2) is 0 Å². The van der Waals surface area contributed by atoms with Crippen molar-refractivity contribution >= 4 is 11.6 Å². The Labute approximate surface area is 77.3 Å². The van der Waals surface area contributed by atoms with Crippen molar-refractivity contribution in [3.63, 3.8) is 0 Å². The molecule has 3 N–H and O–H groups in total. The van der Waals surface area contributed by atoms with Gasteiger partial charge in [-0.15, -0.1) is 0 Å². The van der Waals surface area contributed by atoms with Crippen molar-refractivity contribution in [2.45, 2.75) is 32.7 Å². The molecule has 0 radical (unpaired) electrons. The number of hydrogen-bond acceptors (Lipinski definition) is 2. The summed E-state index contributed by atoms with van der Waals surface area (Å²) in [5.74, 6) is 0.741. The van der Waals surface area contributed by atoms with Gasteiger partial charge in [0.2, 0.25) is 0 Å². The first kappa shape index (κ1) is 9.55. The van der Waals surface area contributed by atoms with Crippen molar-refractivity contribution < 1.29 is 0 Å². The molecule has 1 aromatic rings. The number of imidazole rings is 1. The molecule has 68 valence electrons. The number of hydrogen-bond donors (Lipinski definition) is 2. The summed E-state index contributed by atoms with van der Waals surface area (Å²) >= 11 is 5.91. The number of nitrogens with one attached hydrogen (secondary N) is 1. The van der Waals surface area contributed by atoms with Crippen LogP contribution < -0.4 is 5.73 Å². The molecule has 0 aliphatic rings. The Morgan fingerprint density at radius 1 is 1.50 bits per heavy atom. The van der Waals surface area contributed by atoms with Crippen LogP contribution in [0.1, 0.15) is 32.3 Å². The van der Waals surface area contributed by atoms with Gasteiger partial charge in [0.25, 0.3) is 0 Å². The summed E-state index contributed by atoms with van der Waals surface area (Å²) in [7, 11) is 0. The number of H-pyrrole nitrogens is 1. The van der Waals surface area contributed by atoms with E-state index in [1.807, 2.05) is 0 Å². The van der Waals surface area contributed by atoms with Crippen LogP contribution in [-0.2, 0) is 12.0 Å². The quantitative estimate of drug-likeness (QED) is 0.705. The molecule has 4 heteroatoms. The Morgan fingerprint density at radius 3 is 2.33 bits per heavy atom. The van der Waals surface area contributed by atoms with Gasteiger partial charge in [0, 0.05) is 5.41 Å². The lowest BCUT2D eigenvalue weighted by Crippen LogP contribution is -2.12. The monoisotopic (exact) mass is 187 g/mol. The third-order valence-corrected chi connectivity index (χ3v) is 1.93. The van der Waals surface area contributed by atoms with Gasteiger partial charge in [0.05, 0.1) is 12.2 Å². The highest BCUT2D eigenvalue weighted by molar-refractivity contribution is 6.30.